The molecule has 1 N–H and O–H groups in total. The maximum absolute atomic E-state index is 12.4. The molecule has 1 aliphatic rings. The van der Waals surface area contributed by atoms with Crippen LogP contribution in [0, 0.1) is 0 Å². The van der Waals surface area contributed by atoms with Gasteiger partial charge in [0.15, 0.2) is 6.10 Å². The second kappa shape index (κ2) is 13.3. The quantitative estimate of drug-likeness (QED) is 0.201. The number of aliphatic carboxylic acids is 1. The fourth-order valence-corrected chi connectivity index (χ4v) is 4.98. The van der Waals surface area contributed by atoms with Crippen LogP contribution in [0.5, 0.6) is 5.75 Å². The van der Waals surface area contributed by atoms with Gasteiger partial charge in [0.2, 0.25) is 0 Å². The molecule has 7 nitrogen and oxygen atoms in total. The molecule has 0 saturated heterocycles. The van der Waals surface area contributed by atoms with E-state index in [-0.39, 0.29) is 11.8 Å². The molecule has 0 spiro atoms. The summed E-state index contributed by atoms with van der Waals surface area (Å²) in [6, 6.07) is 22.9. The lowest BCUT2D eigenvalue weighted by molar-refractivity contribution is -0.192. The summed E-state index contributed by atoms with van der Waals surface area (Å²) in [6.45, 7) is 4.79. The topological polar surface area (TPSA) is 80.6 Å². The Labute approximate surface area is 243 Å². The third-order valence-electron chi connectivity index (χ3n) is 7.27. The maximum Gasteiger partial charge on any atom is 0.411 e. The van der Waals surface area contributed by atoms with Gasteiger partial charge in [-0.2, -0.15) is 13.2 Å². The largest absolute Gasteiger partial charge is 0.492 e. The molecule has 1 unspecified atom stereocenters. The number of carboxylic acids is 1. The number of carboxylic acid groups (broad SMARTS) is 1. The molecular formula is C32H35F3N2O5. The predicted molar refractivity (Wildman–Crippen MR) is 154 cm³/mol. The fourth-order valence-electron chi connectivity index (χ4n) is 4.98. The van der Waals surface area contributed by atoms with Crippen LogP contribution < -0.4 is 9.64 Å². The van der Waals surface area contributed by atoms with Crippen LogP contribution in [0.1, 0.15) is 42.5 Å². The molecule has 0 bridgehead atoms. The number of nitrogens with zero attached hydrogens (tertiary/aromatic N) is 2. The van der Waals surface area contributed by atoms with Crippen molar-refractivity contribution in [1.29, 1.82) is 0 Å². The summed E-state index contributed by atoms with van der Waals surface area (Å²) in [5.41, 5.74) is 5.56. The predicted octanol–water partition coefficient (Wildman–Crippen LogP) is 6.23. The number of hydrogen-bond acceptors (Lipinski definition) is 6. The second-order valence-electron chi connectivity index (χ2n) is 10.8. The smallest absolute Gasteiger partial charge is 0.411 e. The van der Waals surface area contributed by atoms with E-state index in [2.05, 4.69) is 46.8 Å². The molecule has 0 saturated carbocycles. The van der Waals surface area contributed by atoms with Gasteiger partial charge in [-0.3, -0.25) is 0 Å². The summed E-state index contributed by atoms with van der Waals surface area (Å²) < 4.78 is 47.8. The average Bonchev–Trinajstić information content (AvgIpc) is 2.95. The van der Waals surface area contributed by atoms with Crippen LogP contribution in [0.4, 0.5) is 18.9 Å². The number of halogens is 3. The van der Waals surface area contributed by atoms with Crippen LogP contribution in [-0.2, 0) is 26.2 Å². The van der Waals surface area contributed by atoms with E-state index in [1.54, 1.807) is 31.4 Å². The minimum atomic E-state index is -4.60. The Balaban J connectivity index is 1.40. The van der Waals surface area contributed by atoms with E-state index >= 15 is 0 Å². The highest BCUT2D eigenvalue weighted by Gasteiger charge is 2.33. The number of carbonyl (C=O) groups is 1. The van der Waals surface area contributed by atoms with Gasteiger partial charge in [0, 0.05) is 29.8 Å². The van der Waals surface area contributed by atoms with Gasteiger partial charge in [0.25, 0.3) is 0 Å². The van der Waals surface area contributed by atoms with E-state index < -0.39 is 24.9 Å². The van der Waals surface area contributed by atoms with E-state index in [0.29, 0.717) is 24.5 Å². The van der Waals surface area contributed by atoms with Gasteiger partial charge in [0.05, 0.1) is 6.54 Å². The Bertz CT molecular complexity index is 1380. The first-order chi connectivity index (χ1) is 20.0. The fraction of sp³-hybridized carbons (Fsp3) is 0.375. The van der Waals surface area contributed by atoms with Crippen LogP contribution in [0.25, 0.3) is 0 Å². The summed E-state index contributed by atoms with van der Waals surface area (Å²) in [6.07, 6.45) is -5.41. The van der Waals surface area contributed by atoms with Crippen molar-refractivity contribution >= 4 is 17.4 Å². The molecule has 3 aromatic carbocycles. The number of fused-ring (bicyclic) bond motifs is 1. The lowest BCUT2D eigenvalue weighted by Crippen LogP contribution is -2.39. The molecule has 0 radical (unpaired) electrons. The summed E-state index contributed by atoms with van der Waals surface area (Å²) in [5.74, 6) is -0.864. The second-order valence-corrected chi connectivity index (χ2v) is 10.8. The van der Waals surface area contributed by atoms with E-state index in [4.69, 9.17) is 9.57 Å². The van der Waals surface area contributed by atoms with E-state index in [1.807, 2.05) is 30.3 Å². The van der Waals surface area contributed by atoms with Gasteiger partial charge in [-0.15, -0.1) is 0 Å². The maximum atomic E-state index is 12.4. The minimum Gasteiger partial charge on any atom is -0.492 e. The van der Waals surface area contributed by atoms with Crippen molar-refractivity contribution in [3.63, 3.8) is 0 Å². The summed E-state index contributed by atoms with van der Waals surface area (Å²) in [4.78, 5) is 18.8. The van der Waals surface area contributed by atoms with E-state index in [9.17, 15) is 23.1 Å². The van der Waals surface area contributed by atoms with Gasteiger partial charge in [-0.1, -0.05) is 67.5 Å². The number of oxime groups is 1. The highest BCUT2D eigenvalue weighted by atomic mass is 19.4. The first-order valence-electron chi connectivity index (χ1n) is 13.7. The highest BCUT2D eigenvalue weighted by molar-refractivity contribution is 6.13. The van der Waals surface area contributed by atoms with Gasteiger partial charge < -0.3 is 24.3 Å². The standard InChI is InChI=1S/C32H35F3N2O5/c1-31(2)15-16-37(27-14-11-24(20-26(27)31)29(36-40-3)23-7-5-4-6-8-23)17-18-41-25-12-9-22(10-13-25)19-28(30(38)39)42-21-32(33,34)35/h4-14,20,28H,15-19,21H2,1-3H3,(H,38,39). The number of anilines is 1. The molecule has 3 aromatic rings. The van der Waals surface area contributed by atoms with Crippen LogP contribution in [-0.4, -0.2) is 62.5 Å². The Morgan fingerprint density at radius 2 is 1.76 bits per heavy atom. The van der Waals surface area contributed by atoms with Crippen molar-refractivity contribution in [3.05, 3.63) is 95.1 Å². The molecular weight excluding hydrogens is 549 g/mol. The zero-order chi connectivity index (χ0) is 30.3. The van der Waals surface area contributed by atoms with Crippen molar-refractivity contribution in [2.24, 2.45) is 5.16 Å². The molecule has 0 amide bonds. The van der Waals surface area contributed by atoms with Gasteiger partial charge in [-0.05, 0) is 47.2 Å². The molecule has 0 fully saturated rings. The third kappa shape index (κ3) is 8.03. The molecule has 1 atom stereocenters. The normalized spacial score (nSPS) is 15.6. The monoisotopic (exact) mass is 584 g/mol. The molecule has 224 valence electrons. The summed E-state index contributed by atoms with van der Waals surface area (Å²) >= 11 is 0. The molecule has 4 rings (SSSR count). The van der Waals surface area contributed by atoms with Gasteiger partial charge in [-0.25, -0.2) is 4.79 Å². The number of benzene rings is 3. The van der Waals surface area contributed by atoms with Crippen molar-refractivity contribution < 1.29 is 37.4 Å². The van der Waals surface area contributed by atoms with E-state index in [0.717, 1.165) is 35.5 Å². The first-order valence-corrected chi connectivity index (χ1v) is 13.7. The summed E-state index contributed by atoms with van der Waals surface area (Å²) in [7, 11) is 1.54. The Morgan fingerprint density at radius 1 is 1.05 bits per heavy atom. The lowest BCUT2D eigenvalue weighted by atomic mass is 9.76. The van der Waals surface area contributed by atoms with Crippen LogP contribution in [0.15, 0.2) is 78.0 Å². The highest BCUT2D eigenvalue weighted by Crippen LogP contribution is 2.40. The van der Waals surface area contributed by atoms with Crippen LogP contribution >= 0.6 is 0 Å². The van der Waals surface area contributed by atoms with Crippen LogP contribution in [0.2, 0.25) is 0 Å². The molecule has 1 aliphatic heterocycles. The number of alkyl halides is 3. The molecule has 0 aliphatic carbocycles. The first kappa shape index (κ1) is 30.9. The average molecular weight is 585 g/mol. The van der Waals surface area contributed by atoms with Crippen molar-refractivity contribution in [2.75, 3.05) is 38.3 Å². The summed E-state index contributed by atoms with van der Waals surface area (Å²) in [5, 5.41) is 13.5. The third-order valence-corrected chi connectivity index (χ3v) is 7.27. The zero-order valence-electron chi connectivity index (χ0n) is 23.9. The van der Waals surface area contributed by atoms with Gasteiger partial charge >= 0.3 is 12.1 Å². The molecule has 10 heteroatoms. The number of hydrogen-bond donors (Lipinski definition) is 1. The molecule has 1 heterocycles. The van der Waals surface area contributed by atoms with Crippen LogP contribution in [0.3, 0.4) is 0 Å². The Hall–Kier alpha value is -4.05. The minimum absolute atomic E-state index is 0.0367. The molecule has 42 heavy (non-hydrogen) atoms. The Kier molecular flexibility index (Phi) is 9.78. The van der Waals surface area contributed by atoms with Crippen molar-refractivity contribution in [1.82, 2.24) is 0 Å². The van der Waals surface area contributed by atoms with Crippen molar-refractivity contribution in [3.8, 4) is 5.75 Å². The van der Waals surface area contributed by atoms with E-state index in [1.165, 1.54) is 5.56 Å². The lowest BCUT2D eigenvalue weighted by Gasteiger charge is -2.40. The Morgan fingerprint density at radius 3 is 2.40 bits per heavy atom. The van der Waals surface area contributed by atoms with Gasteiger partial charge in [0.1, 0.15) is 31.8 Å². The SMILES string of the molecule is CON=C(c1ccccc1)c1ccc2c(c1)C(C)(C)CCN2CCOc1ccc(CC(OCC(F)(F)F)C(=O)O)cc1. The molecule has 0 aromatic heterocycles. The van der Waals surface area contributed by atoms with Crippen molar-refractivity contribution in [2.45, 2.75) is 44.4 Å². The number of rotatable bonds is 12. The zero-order valence-corrected chi connectivity index (χ0v) is 23.9. The number of ether oxygens (including phenoxy) is 2.